The molecular weight excluding hydrogens is 384 g/mol. The molecule has 0 aliphatic heterocycles. The van der Waals surface area contributed by atoms with Crippen molar-refractivity contribution in [3.8, 4) is 17.1 Å². The number of hydrogen-bond donors (Lipinski definition) is 1. The molecule has 3 aromatic rings. The second-order valence-electron chi connectivity index (χ2n) is 7.05. The van der Waals surface area contributed by atoms with Gasteiger partial charge in [0.1, 0.15) is 5.75 Å². The Kier molecular flexibility index (Phi) is 6.14. The molecule has 1 N–H and O–H groups in total. The normalized spacial score (nSPS) is 13.3. The minimum atomic E-state index is 0.0566. The predicted octanol–water partition coefficient (Wildman–Crippen LogP) is 3.57. The highest BCUT2D eigenvalue weighted by molar-refractivity contribution is 7.99. The van der Waals surface area contributed by atoms with E-state index in [1.165, 1.54) is 17.3 Å². The number of benzene rings is 2. The van der Waals surface area contributed by atoms with E-state index in [0.29, 0.717) is 11.8 Å². The van der Waals surface area contributed by atoms with E-state index in [2.05, 4.69) is 32.2 Å². The van der Waals surface area contributed by atoms with E-state index in [1.54, 1.807) is 7.11 Å². The van der Waals surface area contributed by atoms with Crippen molar-refractivity contribution in [3.05, 3.63) is 60.2 Å². The van der Waals surface area contributed by atoms with E-state index in [0.717, 1.165) is 48.1 Å². The van der Waals surface area contributed by atoms with Crippen LogP contribution in [0.1, 0.15) is 18.4 Å². The van der Waals surface area contributed by atoms with Gasteiger partial charge in [0.05, 0.1) is 12.9 Å². The molecular formula is C22H24N4O2S. The van der Waals surface area contributed by atoms with Crippen LogP contribution in [0.3, 0.4) is 0 Å². The van der Waals surface area contributed by atoms with Gasteiger partial charge in [-0.05, 0) is 49.1 Å². The predicted molar refractivity (Wildman–Crippen MR) is 114 cm³/mol. The summed E-state index contributed by atoms with van der Waals surface area (Å²) in [5.41, 5.74) is 2.23. The maximum absolute atomic E-state index is 12.1. The topological polar surface area (TPSA) is 69.0 Å². The average molecular weight is 409 g/mol. The van der Waals surface area contributed by atoms with Crippen molar-refractivity contribution in [2.45, 2.75) is 37.0 Å². The Morgan fingerprint density at radius 2 is 1.90 bits per heavy atom. The monoisotopic (exact) mass is 408 g/mol. The summed E-state index contributed by atoms with van der Waals surface area (Å²) < 4.78 is 7.36. The van der Waals surface area contributed by atoms with Gasteiger partial charge in [0.2, 0.25) is 5.91 Å². The van der Waals surface area contributed by atoms with E-state index >= 15 is 0 Å². The maximum Gasteiger partial charge on any atom is 0.230 e. The van der Waals surface area contributed by atoms with Gasteiger partial charge in [-0.25, -0.2) is 0 Å². The van der Waals surface area contributed by atoms with E-state index in [-0.39, 0.29) is 5.91 Å². The van der Waals surface area contributed by atoms with E-state index in [4.69, 9.17) is 4.74 Å². The van der Waals surface area contributed by atoms with Crippen molar-refractivity contribution in [3.63, 3.8) is 0 Å². The van der Waals surface area contributed by atoms with Gasteiger partial charge in [-0.15, -0.1) is 10.2 Å². The molecule has 4 rings (SSSR count). The number of thioether (sulfide) groups is 1. The Labute approximate surface area is 174 Å². The lowest BCUT2D eigenvalue weighted by molar-refractivity contribution is -0.118. The van der Waals surface area contributed by atoms with Gasteiger partial charge < -0.3 is 14.6 Å². The summed E-state index contributed by atoms with van der Waals surface area (Å²) in [5, 5.41) is 12.6. The van der Waals surface area contributed by atoms with Crippen molar-refractivity contribution >= 4 is 17.7 Å². The van der Waals surface area contributed by atoms with Crippen molar-refractivity contribution in [2.24, 2.45) is 0 Å². The van der Waals surface area contributed by atoms with Crippen LogP contribution in [-0.2, 0) is 17.8 Å². The van der Waals surface area contributed by atoms with Gasteiger partial charge in [0.15, 0.2) is 11.0 Å². The summed E-state index contributed by atoms with van der Waals surface area (Å²) in [6.45, 7) is 0.741. The standard InChI is InChI=1S/C22H24N4O2S/c1-28-19-11-7-17(8-12-19)21-24-25-22(29-15-20(27)23-18-9-10-18)26(21)14-13-16-5-3-2-4-6-16/h2-8,11-12,18H,9-10,13-15H2,1H3,(H,23,27). The fraction of sp³-hybridized carbons (Fsp3) is 0.318. The first-order valence-electron chi connectivity index (χ1n) is 9.76. The molecule has 0 saturated heterocycles. The van der Waals surface area contributed by atoms with Crippen LogP contribution in [0, 0.1) is 0 Å². The second-order valence-corrected chi connectivity index (χ2v) is 7.99. The number of aromatic nitrogens is 3. The molecule has 0 spiro atoms. The lowest BCUT2D eigenvalue weighted by Gasteiger charge is -2.11. The molecule has 6 nitrogen and oxygen atoms in total. The van der Waals surface area contributed by atoms with Gasteiger partial charge in [-0.2, -0.15) is 0 Å². The smallest absolute Gasteiger partial charge is 0.230 e. The number of ether oxygens (including phenoxy) is 1. The third-order valence-electron chi connectivity index (χ3n) is 4.81. The summed E-state index contributed by atoms with van der Waals surface area (Å²) in [6, 6.07) is 18.5. The molecule has 0 atom stereocenters. The molecule has 7 heteroatoms. The van der Waals surface area contributed by atoms with Crippen molar-refractivity contribution in [1.82, 2.24) is 20.1 Å². The van der Waals surface area contributed by atoms with Crippen molar-refractivity contribution in [1.29, 1.82) is 0 Å². The molecule has 1 amide bonds. The molecule has 29 heavy (non-hydrogen) atoms. The van der Waals surface area contributed by atoms with E-state index in [9.17, 15) is 4.79 Å². The second kappa shape index (κ2) is 9.13. The Morgan fingerprint density at radius 3 is 2.59 bits per heavy atom. The number of nitrogens with one attached hydrogen (secondary N) is 1. The van der Waals surface area contributed by atoms with E-state index < -0.39 is 0 Å². The summed E-state index contributed by atoms with van der Waals surface area (Å²) >= 11 is 1.44. The number of rotatable bonds is 9. The van der Waals surface area contributed by atoms with Gasteiger partial charge in [0.25, 0.3) is 0 Å². The molecule has 1 aliphatic carbocycles. The summed E-state index contributed by atoms with van der Waals surface area (Å²) in [6.07, 6.45) is 3.04. The largest absolute Gasteiger partial charge is 0.497 e. The fourth-order valence-corrected chi connectivity index (χ4v) is 3.84. The van der Waals surface area contributed by atoms with Crippen LogP contribution in [0.25, 0.3) is 11.4 Å². The summed E-state index contributed by atoms with van der Waals surface area (Å²) in [5.74, 6) is 2.01. The highest BCUT2D eigenvalue weighted by atomic mass is 32.2. The molecule has 150 valence electrons. The molecule has 1 aromatic heterocycles. The van der Waals surface area contributed by atoms with Crippen LogP contribution in [-0.4, -0.2) is 39.6 Å². The average Bonchev–Trinajstić information content (AvgIpc) is 3.48. The van der Waals surface area contributed by atoms with Crippen LogP contribution in [0.5, 0.6) is 5.75 Å². The Morgan fingerprint density at radius 1 is 1.14 bits per heavy atom. The van der Waals surface area contributed by atoms with Crippen LogP contribution in [0.2, 0.25) is 0 Å². The number of carbonyl (C=O) groups excluding carboxylic acids is 1. The number of methoxy groups -OCH3 is 1. The number of nitrogens with zero attached hydrogens (tertiary/aromatic N) is 3. The number of aryl methyl sites for hydroxylation is 1. The molecule has 1 aliphatic rings. The van der Waals surface area contributed by atoms with Gasteiger partial charge in [-0.3, -0.25) is 4.79 Å². The molecule has 0 radical (unpaired) electrons. The zero-order valence-electron chi connectivity index (χ0n) is 16.4. The van der Waals surface area contributed by atoms with Crippen molar-refractivity contribution in [2.75, 3.05) is 12.9 Å². The summed E-state index contributed by atoms with van der Waals surface area (Å²) in [4.78, 5) is 12.1. The molecule has 1 saturated carbocycles. The Hall–Kier alpha value is -2.80. The quantitative estimate of drug-likeness (QED) is 0.548. The van der Waals surface area contributed by atoms with Gasteiger partial charge >= 0.3 is 0 Å². The molecule has 0 bridgehead atoms. The third-order valence-corrected chi connectivity index (χ3v) is 5.77. The van der Waals surface area contributed by atoms with Crippen molar-refractivity contribution < 1.29 is 9.53 Å². The highest BCUT2D eigenvalue weighted by Crippen LogP contribution is 2.26. The molecule has 1 heterocycles. The number of hydrogen-bond acceptors (Lipinski definition) is 5. The minimum absolute atomic E-state index is 0.0566. The number of carbonyl (C=O) groups is 1. The van der Waals surface area contributed by atoms with Gasteiger partial charge in [0, 0.05) is 18.2 Å². The molecule has 1 fully saturated rings. The van der Waals surface area contributed by atoms with Crippen LogP contribution in [0.15, 0.2) is 59.8 Å². The fourth-order valence-electron chi connectivity index (χ4n) is 3.06. The van der Waals surface area contributed by atoms with E-state index in [1.807, 2.05) is 42.5 Å². The first-order chi connectivity index (χ1) is 14.2. The SMILES string of the molecule is COc1ccc(-c2nnc(SCC(=O)NC3CC3)n2CCc2ccccc2)cc1. The highest BCUT2D eigenvalue weighted by Gasteiger charge is 2.23. The zero-order chi connectivity index (χ0) is 20.1. The lowest BCUT2D eigenvalue weighted by atomic mass is 10.1. The minimum Gasteiger partial charge on any atom is -0.497 e. The molecule has 0 unspecified atom stereocenters. The first-order valence-corrected chi connectivity index (χ1v) is 10.7. The lowest BCUT2D eigenvalue weighted by Crippen LogP contribution is -2.27. The Balaban J connectivity index is 1.53. The third kappa shape index (κ3) is 5.17. The first kappa shape index (κ1) is 19.5. The zero-order valence-corrected chi connectivity index (χ0v) is 17.2. The molecule has 2 aromatic carbocycles. The van der Waals surface area contributed by atoms with Crippen LogP contribution >= 0.6 is 11.8 Å². The van der Waals surface area contributed by atoms with Gasteiger partial charge in [-0.1, -0.05) is 42.1 Å². The van der Waals surface area contributed by atoms with Crippen LogP contribution < -0.4 is 10.1 Å². The van der Waals surface area contributed by atoms with Crippen LogP contribution in [0.4, 0.5) is 0 Å². The Bertz CT molecular complexity index is 953. The summed E-state index contributed by atoms with van der Waals surface area (Å²) in [7, 11) is 1.65. The maximum atomic E-state index is 12.1. The number of amides is 1.